The zero-order valence-corrected chi connectivity index (χ0v) is 12.8. The number of carbonyl (C=O) groups excluding carboxylic acids is 2. The van der Waals surface area contributed by atoms with Crippen LogP contribution in [0, 0.1) is 0 Å². The van der Waals surface area contributed by atoms with Crippen LogP contribution in [0.1, 0.15) is 29.9 Å². The summed E-state index contributed by atoms with van der Waals surface area (Å²) in [5.74, 6) is -0.558. The first-order valence-corrected chi connectivity index (χ1v) is 7.57. The second kappa shape index (κ2) is 6.53. The maximum Gasteiger partial charge on any atom is 0.264 e. The van der Waals surface area contributed by atoms with E-state index in [1.807, 2.05) is 13.0 Å². The lowest BCUT2D eigenvalue weighted by Gasteiger charge is -2.13. The lowest BCUT2D eigenvalue weighted by Crippen LogP contribution is -2.44. The highest BCUT2D eigenvalue weighted by Gasteiger charge is 2.21. The van der Waals surface area contributed by atoms with Gasteiger partial charge in [0.1, 0.15) is 16.4 Å². The molecule has 7 heteroatoms. The van der Waals surface area contributed by atoms with Gasteiger partial charge in [0.15, 0.2) is 0 Å². The van der Waals surface area contributed by atoms with Gasteiger partial charge in [-0.15, -0.1) is 11.3 Å². The molecule has 6 nitrogen and oxygen atoms in total. The fraction of sp³-hybridized carbons (Fsp3) is 0.357. The molecule has 0 saturated carbocycles. The Morgan fingerprint density at radius 1 is 1.48 bits per heavy atom. The summed E-state index contributed by atoms with van der Waals surface area (Å²) in [7, 11) is 0. The van der Waals surface area contributed by atoms with Crippen LogP contribution in [-0.4, -0.2) is 29.4 Å². The number of nitrogens with one attached hydrogen (secondary N) is 2. The highest BCUT2D eigenvalue weighted by Crippen LogP contribution is 2.31. The minimum atomic E-state index is -0.610. The van der Waals surface area contributed by atoms with Gasteiger partial charge in [0.2, 0.25) is 5.91 Å². The Bertz CT molecular complexity index is 668. The molecule has 21 heavy (non-hydrogen) atoms. The molecule has 0 aliphatic heterocycles. The van der Waals surface area contributed by atoms with Crippen molar-refractivity contribution < 1.29 is 9.59 Å². The van der Waals surface area contributed by atoms with Crippen LogP contribution in [-0.2, 0) is 4.79 Å². The van der Waals surface area contributed by atoms with Gasteiger partial charge < -0.3 is 16.4 Å². The minimum absolute atomic E-state index is 0.206. The molecule has 0 bridgehead atoms. The van der Waals surface area contributed by atoms with E-state index in [9.17, 15) is 9.59 Å². The second-order valence-electron chi connectivity index (χ2n) is 4.68. The van der Waals surface area contributed by atoms with Gasteiger partial charge in [-0.3, -0.25) is 14.6 Å². The zero-order valence-electron chi connectivity index (χ0n) is 12.0. The molecule has 0 spiro atoms. The molecule has 0 saturated heterocycles. The predicted octanol–water partition coefficient (Wildman–Crippen LogP) is 1.52. The smallest absolute Gasteiger partial charge is 0.264 e. The highest BCUT2D eigenvalue weighted by atomic mass is 32.1. The van der Waals surface area contributed by atoms with Crippen LogP contribution in [0.25, 0.3) is 10.2 Å². The summed E-state index contributed by atoms with van der Waals surface area (Å²) in [4.78, 5) is 28.5. The number of pyridine rings is 1. The standard InChI is InChI=1S/C14H18N4O2S/c1-3-6-17-13(19)8(2)18-14(20)12-10(15)11-9(21-12)5-4-7-16-11/h4-5,7-8H,3,6,15H2,1-2H3,(H,17,19)(H,18,20). The van der Waals surface area contributed by atoms with Crippen LogP contribution in [0.3, 0.4) is 0 Å². The monoisotopic (exact) mass is 306 g/mol. The molecule has 2 heterocycles. The Labute approximate surface area is 126 Å². The van der Waals surface area contributed by atoms with E-state index in [1.165, 1.54) is 11.3 Å². The quantitative estimate of drug-likeness (QED) is 0.780. The van der Waals surface area contributed by atoms with Crippen LogP contribution in [0.4, 0.5) is 5.69 Å². The van der Waals surface area contributed by atoms with E-state index in [0.717, 1.165) is 11.1 Å². The second-order valence-corrected chi connectivity index (χ2v) is 5.73. The first-order chi connectivity index (χ1) is 10.0. The van der Waals surface area contributed by atoms with Crippen molar-refractivity contribution in [3.8, 4) is 0 Å². The van der Waals surface area contributed by atoms with E-state index < -0.39 is 6.04 Å². The third kappa shape index (κ3) is 3.30. The van der Waals surface area contributed by atoms with Crippen LogP contribution in [0.15, 0.2) is 18.3 Å². The summed E-state index contributed by atoms with van der Waals surface area (Å²) in [6.45, 7) is 4.20. The SMILES string of the molecule is CCCNC(=O)C(C)NC(=O)c1sc2cccnc2c1N. The normalized spacial score (nSPS) is 12.1. The van der Waals surface area contributed by atoms with Gasteiger partial charge >= 0.3 is 0 Å². The van der Waals surface area contributed by atoms with Crippen molar-refractivity contribution in [3.05, 3.63) is 23.2 Å². The molecular weight excluding hydrogens is 288 g/mol. The third-order valence-electron chi connectivity index (χ3n) is 2.98. The van der Waals surface area contributed by atoms with Gasteiger partial charge in [-0.05, 0) is 25.5 Å². The number of nitrogens with two attached hydrogens (primary N) is 1. The van der Waals surface area contributed by atoms with E-state index in [-0.39, 0.29) is 11.8 Å². The van der Waals surface area contributed by atoms with Crippen LogP contribution < -0.4 is 16.4 Å². The molecule has 4 N–H and O–H groups in total. The number of thiophene rings is 1. The number of anilines is 1. The van der Waals surface area contributed by atoms with Crippen LogP contribution >= 0.6 is 11.3 Å². The fourth-order valence-electron chi connectivity index (χ4n) is 1.85. The lowest BCUT2D eigenvalue weighted by atomic mass is 10.2. The Balaban J connectivity index is 2.12. The molecular formula is C14H18N4O2S. The number of amides is 2. The summed E-state index contributed by atoms with van der Waals surface area (Å²) < 4.78 is 0.850. The maximum atomic E-state index is 12.2. The van der Waals surface area contributed by atoms with Gasteiger partial charge in [-0.1, -0.05) is 6.92 Å². The van der Waals surface area contributed by atoms with Gasteiger partial charge in [0.05, 0.1) is 10.4 Å². The number of hydrogen-bond donors (Lipinski definition) is 3. The van der Waals surface area contributed by atoms with Crippen LogP contribution in [0.2, 0.25) is 0 Å². The molecule has 112 valence electrons. The molecule has 0 aromatic carbocycles. The fourth-order valence-corrected chi connectivity index (χ4v) is 2.83. The van der Waals surface area contributed by atoms with Gasteiger partial charge in [-0.25, -0.2) is 0 Å². The first kappa shape index (κ1) is 15.2. The van der Waals surface area contributed by atoms with Crippen molar-refractivity contribution in [2.75, 3.05) is 12.3 Å². The van der Waals surface area contributed by atoms with E-state index in [2.05, 4.69) is 15.6 Å². The van der Waals surface area contributed by atoms with E-state index in [0.29, 0.717) is 22.6 Å². The van der Waals surface area contributed by atoms with Gasteiger partial charge in [0.25, 0.3) is 5.91 Å². The Hall–Kier alpha value is -2.15. The third-order valence-corrected chi connectivity index (χ3v) is 4.14. The van der Waals surface area contributed by atoms with Crippen molar-refractivity contribution in [3.63, 3.8) is 0 Å². The minimum Gasteiger partial charge on any atom is -0.396 e. The van der Waals surface area contributed by atoms with Crippen molar-refractivity contribution in [2.24, 2.45) is 0 Å². The van der Waals surface area contributed by atoms with Crippen molar-refractivity contribution in [2.45, 2.75) is 26.3 Å². The number of hydrogen-bond acceptors (Lipinski definition) is 5. The Kier molecular flexibility index (Phi) is 4.74. The summed E-state index contributed by atoms with van der Waals surface area (Å²) in [6.07, 6.45) is 2.48. The molecule has 0 fully saturated rings. The first-order valence-electron chi connectivity index (χ1n) is 6.76. The number of fused-ring (bicyclic) bond motifs is 1. The van der Waals surface area contributed by atoms with Gasteiger partial charge in [0, 0.05) is 12.7 Å². The number of nitrogens with zero attached hydrogens (tertiary/aromatic N) is 1. The van der Waals surface area contributed by atoms with E-state index in [1.54, 1.807) is 19.2 Å². The number of nitrogen functional groups attached to an aromatic ring is 1. The highest BCUT2D eigenvalue weighted by molar-refractivity contribution is 7.21. The number of rotatable bonds is 5. The molecule has 0 radical (unpaired) electrons. The lowest BCUT2D eigenvalue weighted by molar-refractivity contribution is -0.122. The topological polar surface area (TPSA) is 97.1 Å². The Morgan fingerprint density at radius 3 is 2.90 bits per heavy atom. The molecule has 1 atom stereocenters. The summed E-state index contributed by atoms with van der Waals surface area (Å²) >= 11 is 1.27. The van der Waals surface area contributed by atoms with Crippen molar-refractivity contribution >= 4 is 39.1 Å². The molecule has 0 aliphatic carbocycles. The summed E-state index contributed by atoms with van der Waals surface area (Å²) in [5.41, 5.74) is 6.94. The van der Waals surface area contributed by atoms with E-state index >= 15 is 0 Å². The van der Waals surface area contributed by atoms with Gasteiger partial charge in [-0.2, -0.15) is 0 Å². The summed E-state index contributed by atoms with van der Waals surface area (Å²) in [5, 5.41) is 5.39. The van der Waals surface area contributed by atoms with Crippen molar-refractivity contribution in [1.29, 1.82) is 0 Å². The molecule has 2 aromatic heterocycles. The zero-order chi connectivity index (χ0) is 15.4. The number of aromatic nitrogens is 1. The largest absolute Gasteiger partial charge is 0.396 e. The maximum absolute atomic E-state index is 12.2. The number of carbonyl (C=O) groups is 2. The van der Waals surface area contributed by atoms with Crippen molar-refractivity contribution in [1.82, 2.24) is 15.6 Å². The molecule has 0 aliphatic rings. The average molecular weight is 306 g/mol. The average Bonchev–Trinajstić information content (AvgIpc) is 2.82. The predicted molar refractivity (Wildman–Crippen MR) is 84.3 cm³/mol. The molecule has 2 aromatic rings. The molecule has 2 rings (SSSR count). The molecule has 2 amide bonds. The molecule has 1 unspecified atom stereocenters. The van der Waals surface area contributed by atoms with E-state index in [4.69, 9.17) is 5.73 Å². The van der Waals surface area contributed by atoms with Crippen LogP contribution in [0.5, 0.6) is 0 Å². The summed E-state index contributed by atoms with van der Waals surface area (Å²) in [6, 6.07) is 3.04. The Morgan fingerprint density at radius 2 is 2.24 bits per heavy atom.